The highest BCUT2D eigenvalue weighted by atomic mass is 16.2. The molecule has 1 N–H and O–H groups in total. The zero-order valence-corrected chi connectivity index (χ0v) is 11.4. The third-order valence-corrected chi connectivity index (χ3v) is 5.45. The molecule has 0 aliphatic heterocycles. The number of hydrogen-bond donors (Lipinski definition) is 1. The minimum atomic E-state index is -0.0150. The topological polar surface area (TPSA) is 29.1 Å². The normalized spacial score (nSPS) is 51.6. The van der Waals surface area contributed by atoms with Gasteiger partial charge in [-0.25, -0.2) is 0 Å². The van der Waals surface area contributed by atoms with Gasteiger partial charge in [0.2, 0.25) is 5.91 Å². The largest absolute Gasteiger partial charge is 0.356 e. The van der Waals surface area contributed by atoms with Gasteiger partial charge in [0.15, 0.2) is 0 Å². The third kappa shape index (κ3) is 1.63. The number of carbonyl (C=O) groups is 1. The van der Waals surface area contributed by atoms with E-state index in [2.05, 4.69) is 19.2 Å². The van der Waals surface area contributed by atoms with Crippen molar-refractivity contribution in [1.29, 1.82) is 0 Å². The molecule has 0 saturated heterocycles. The van der Waals surface area contributed by atoms with Crippen molar-refractivity contribution in [2.75, 3.05) is 6.54 Å². The van der Waals surface area contributed by atoms with E-state index in [0.717, 1.165) is 31.7 Å². The van der Waals surface area contributed by atoms with E-state index in [1.54, 1.807) is 0 Å². The van der Waals surface area contributed by atoms with E-state index in [1.165, 1.54) is 19.3 Å². The van der Waals surface area contributed by atoms with Crippen molar-refractivity contribution in [2.24, 2.45) is 22.2 Å². The van der Waals surface area contributed by atoms with Crippen LogP contribution in [-0.4, -0.2) is 12.5 Å². The Bertz CT molecular complexity index is 344. The molecule has 4 bridgehead atoms. The molecule has 4 aliphatic carbocycles. The molecular weight excluding hydrogens is 210 g/mol. The van der Waals surface area contributed by atoms with Crippen LogP contribution in [0.15, 0.2) is 0 Å². The molecule has 2 nitrogen and oxygen atoms in total. The number of nitrogens with one attached hydrogen (secondary N) is 1. The third-order valence-electron chi connectivity index (χ3n) is 5.45. The van der Waals surface area contributed by atoms with Crippen LogP contribution in [0.2, 0.25) is 0 Å². The van der Waals surface area contributed by atoms with E-state index in [9.17, 15) is 4.79 Å². The van der Waals surface area contributed by atoms with Gasteiger partial charge in [0.1, 0.15) is 0 Å². The van der Waals surface area contributed by atoms with Crippen molar-refractivity contribution >= 4 is 5.91 Å². The summed E-state index contributed by atoms with van der Waals surface area (Å²) in [6, 6.07) is 0. The molecular formula is C15H25NO. The lowest BCUT2D eigenvalue weighted by atomic mass is 9.40. The zero-order valence-electron chi connectivity index (χ0n) is 11.4. The molecule has 2 unspecified atom stereocenters. The molecule has 17 heavy (non-hydrogen) atoms. The second kappa shape index (κ2) is 3.27. The summed E-state index contributed by atoms with van der Waals surface area (Å²) >= 11 is 0. The van der Waals surface area contributed by atoms with E-state index < -0.39 is 0 Å². The summed E-state index contributed by atoms with van der Waals surface area (Å²) in [5.41, 5.74) is 0.872. The molecule has 0 aromatic heterocycles. The van der Waals surface area contributed by atoms with Gasteiger partial charge < -0.3 is 5.32 Å². The highest BCUT2D eigenvalue weighted by Crippen LogP contribution is 2.69. The van der Waals surface area contributed by atoms with Crippen molar-refractivity contribution in [3.8, 4) is 0 Å². The van der Waals surface area contributed by atoms with Gasteiger partial charge in [-0.3, -0.25) is 4.79 Å². The Kier molecular flexibility index (Phi) is 2.22. The van der Waals surface area contributed by atoms with Crippen molar-refractivity contribution in [1.82, 2.24) is 5.32 Å². The van der Waals surface area contributed by atoms with Crippen LogP contribution >= 0.6 is 0 Å². The van der Waals surface area contributed by atoms with Gasteiger partial charge in [0.25, 0.3) is 0 Å². The number of carbonyl (C=O) groups excluding carboxylic acids is 1. The van der Waals surface area contributed by atoms with Gasteiger partial charge in [-0.15, -0.1) is 0 Å². The van der Waals surface area contributed by atoms with Gasteiger partial charge in [-0.1, -0.05) is 13.8 Å². The van der Waals surface area contributed by atoms with E-state index in [0.29, 0.717) is 16.7 Å². The van der Waals surface area contributed by atoms with Crippen LogP contribution in [0.3, 0.4) is 0 Å². The molecule has 4 aliphatic rings. The Labute approximate surface area is 105 Å². The fourth-order valence-corrected chi connectivity index (χ4v) is 6.05. The van der Waals surface area contributed by atoms with Crippen LogP contribution in [-0.2, 0) is 4.79 Å². The minimum Gasteiger partial charge on any atom is -0.356 e. The summed E-state index contributed by atoms with van der Waals surface area (Å²) in [4.78, 5) is 12.5. The second-order valence-corrected chi connectivity index (χ2v) is 7.77. The van der Waals surface area contributed by atoms with E-state index in [1.807, 2.05) is 6.92 Å². The highest BCUT2D eigenvalue weighted by Gasteiger charge is 2.62. The maximum atomic E-state index is 12.5. The van der Waals surface area contributed by atoms with Gasteiger partial charge in [-0.05, 0) is 62.2 Å². The quantitative estimate of drug-likeness (QED) is 0.783. The van der Waals surface area contributed by atoms with Crippen molar-refractivity contribution in [2.45, 2.75) is 59.3 Å². The molecule has 96 valence electrons. The summed E-state index contributed by atoms with van der Waals surface area (Å²) in [5.74, 6) is 1.16. The minimum absolute atomic E-state index is 0.0150. The average molecular weight is 235 g/mol. The molecule has 0 radical (unpaired) electrons. The highest BCUT2D eigenvalue weighted by molar-refractivity contribution is 5.83. The fourth-order valence-electron chi connectivity index (χ4n) is 6.05. The predicted molar refractivity (Wildman–Crippen MR) is 68.5 cm³/mol. The van der Waals surface area contributed by atoms with Crippen LogP contribution in [0, 0.1) is 22.2 Å². The fraction of sp³-hybridized carbons (Fsp3) is 0.933. The monoisotopic (exact) mass is 235 g/mol. The van der Waals surface area contributed by atoms with Crippen LogP contribution in [0.4, 0.5) is 0 Å². The van der Waals surface area contributed by atoms with Crippen LogP contribution in [0.25, 0.3) is 0 Å². The molecule has 0 aromatic rings. The first-order valence-electron chi connectivity index (χ1n) is 7.17. The smallest absolute Gasteiger partial charge is 0.226 e. The Morgan fingerprint density at radius 1 is 1.12 bits per heavy atom. The van der Waals surface area contributed by atoms with Crippen molar-refractivity contribution in [3.05, 3.63) is 0 Å². The average Bonchev–Trinajstić information content (AvgIpc) is 2.11. The molecule has 2 atom stereocenters. The predicted octanol–water partition coefficient (Wildman–Crippen LogP) is 3.12. The maximum Gasteiger partial charge on any atom is 0.226 e. The van der Waals surface area contributed by atoms with E-state index in [4.69, 9.17) is 0 Å². The lowest BCUT2D eigenvalue weighted by Crippen LogP contribution is -2.59. The first-order chi connectivity index (χ1) is 7.89. The Morgan fingerprint density at radius 2 is 1.71 bits per heavy atom. The molecule has 0 aromatic carbocycles. The summed E-state index contributed by atoms with van der Waals surface area (Å²) in [7, 11) is 0. The van der Waals surface area contributed by atoms with Crippen molar-refractivity contribution < 1.29 is 4.79 Å². The molecule has 0 heterocycles. The van der Waals surface area contributed by atoms with Crippen LogP contribution < -0.4 is 5.32 Å². The molecule has 0 spiro atoms. The van der Waals surface area contributed by atoms with E-state index >= 15 is 0 Å². The van der Waals surface area contributed by atoms with Crippen LogP contribution in [0.1, 0.15) is 59.3 Å². The van der Waals surface area contributed by atoms with Gasteiger partial charge in [-0.2, -0.15) is 0 Å². The number of hydrogen-bond acceptors (Lipinski definition) is 1. The van der Waals surface area contributed by atoms with Crippen LogP contribution in [0.5, 0.6) is 0 Å². The standard InChI is InChI=1S/C15H25NO/c1-4-16-12(17)15-7-11-5-13(2,9-15)8-14(3,6-11)10-15/h11H,4-10H2,1-3H3,(H,16,17). The molecule has 4 fully saturated rings. The molecule has 2 heteroatoms. The molecule has 1 amide bonds. The van der Waals surface area contributed by atoms with Gasteiger partial charge in [0, 0.05) is 6.54 Å². The van der Waals surface area contributed by atoms with Crippen molar-refractivity contribution in [3.63, 3.8) is 0 Å². The Hall–Kier alpha value is -0.530. The first-order valence-corrected chi connectivity index (χ1v) is 7.17. The first kappa shape index (κ1) is 11.6. The summed E-state index contributed by atoms with van der Waals surface area (Å²) in [6.07, 6.45) is 7.50. The molecule has 4 saturated carbocycles. The lowest BCUT2D eigenvalue weighted by Gasteiger charge is -2.64. The van der Waals surface area contributed by atoms with E-state index in [-0.39, 0.29) is 5.41 Å². The molecule has 4 rings (SSSR count). The van der Waals surface area contributed by atoms with Gasteiger partial charge >= 0.3 is 0 Å². The number of rotatable bonds is 2. The summed E-state index contributed by atoms with van der Waals surface area (Å²) in [5, 5.41) is 3.10. The lowest BCUT2D eigenvalue weighted by molar-refractivity contribution is -0.170. The Morgan fingerprint density at radius 3 is 2.18 bits per heavy atom. The zero-order chi connectivity index (χ0) is 12.3. The summed E-state index contributed by atoms with van der Waals surface area (Å²) in [6.45, 7) is 7.65. The van der Waals surface area contributed by atoms with Gasteiger partial charge in [0.05, 0.1) is 5.41 Å². The maximum absolute atomic E-state index is 12.5. The summed E-state index contributed by atoms with van der Waals surface area (Å²) < 4.78 is 0. The second-order valence-electron chi connectivity index (χ2n) is 7.77. The SMILES string of the molecule is CCNC(=O)C12CC3CC(C)(CC(C)(C3)C1)C2. The number of amides is 1. The Balaban J connectivity index is 1.94.